The van der Waals surface area contributed by atoms with Gasteiger partial charge in [0.25, 0.3) is 0 Å². The summed E-state index contributed by atoms with van der Waals surface area (Å²) in [6.45, 7) is 9.74. The van der Waals surface area contributed by atoms with Crippen LogP contribution in [0.15, 0.2) is 4.52 Å². The van der Waals surface area contributed by atoms with Crippen molar-refractivity contribution < 1.29 is 4.52 Å². The molecule has 2 rings (SSSR count). The molecule has 1 aliphatic rings. The first-order valence-electron chi connectivity index (χ1n) is 6.11. The summed E-state index contributed by atoms with van der Waals surface area (Å²) in [7, 11) is 0. The summed E-state index contributed by atoms with van der Waals surface area (Å²) >= 11 is 1.84. The molecule has 1 atom stereocenters. The fourth-order valence-corrected chi connectivity index (χ4v) is 2.57. The Kier molecular flexibility index (Phi) is 3.50. The minimum absolute atomic E-state index is 0.113. The van der Waals surface area contributed by atoms with E-state index in [4.69, 9.17) is 4.52 Å². The maximum Gasteiger partial charge on any atom is 0.246 e. The molecule has 1 N–H and O–H groups in total. The average molecular weight is 255 g/mol. The van der Waals surface area contributed by atoms with E-state index in [-0.39, 0.29) is 10.3 Å². The lowest BCUT2D eigenvalue weighted by atomic mass is 10.0. The molecular formula is C12H21N3OS. The molecule has 1 saturated heterocycles. The lowest BCUT2D eigenvalue weighted by Crippen LogP contribution is -2.33. The lowest BCUT2D eigenvalue weighted by molar-refractivity contribution is 0.274. The highest BCUT2D eigenvalue weighted by molar-refractivity contribution is 7.99. The predicted octanol–water partition coefficient (Wildman–Crippen LogP) is 2.70. The van der Waals surface area contributed by atoms with Gasteiger partial charge in [-0.3, -0.25) is 0 Å². The predicted molar refractivity (Wildman–Crippen MR) is 69.9 cm³/mol. The SMILES string of the molecule is CC(C)(C)SCc1noc(C2(C)CCCN2)n1. The van der Waals surface area contributed by atoms with Crippen LogP contribution in [0.2, 0.25) is 0 Å². The lowest BCUT2D eigenvalue weighted by Gasteiger charge is -2.18. The molecule has 0 radical (unpaired) electrons. The molecule has 5 heteroatoms. The Balaban J connectivity index is 2.01. The smallest absolute Gasteiger partial charge is 0.246 e. The van der Waals surface area contributed by atoms with Crippen molar-refractivity contribution in [1.82, 2.24) is 15.5 Å². The van der Waals surface area contributed by atoms with E-state index in [0.29, 0.717) is 0 Å². The van der Waals surface area contributed by atoms with Crippen LogP contribution in [0.3, 0.4) is 0 Å². The molecule has 0 aliphatic carbocycles. The van der Waals surface area contributed by atoms with Gasteiger partial charge in [0, 0.05) is 4.75 Å². The molecule has 0 spiro atoms. The van der Waals surface area contributed by atoms with Gasteiger partial charge in [-0.1, -0.05) is 25.9 Å². The van der Waals surface area contributed by atoms with Crippen molar-refractivity contribution in [3.8, 4) is 0 Å². The monoisotopic (exact) mass is 255 g/mol. The topological polar surface area (TPSA) is 51.0 Å². The first-order valence-corrected chi connectivity index (χ1v) is 7.10. The Bertz CT molecular complexity index is 377. The Hall–Kier alpha value is -0.550. The Morgan fingerprint density at radius 3 is 2.82 bits per heavy atom. The Morgan fingerprint density at radius 2 is 2.24 bits per heavy atom. The number of aromatic nitrogens is 2. The van der Waals surface area contributed by atoms with Gasteiger partial charge in [-0.2, -0.15) is 4.98 Å². The Labute approximate surface area is 107 Å². The fraction of sp³-hybridized carbons (Fsp3) is 0.833. The summed E-state index contributed by atoms with van der Waals surface area (Å²) in [5.41, 5.74) is -0.113. The molecule has 1 aliphatic heterocycles. The number of hydrogen-bond donors (Lipinski definition) is 1. The molecule has 0 saturated carbocycles. The first-order chi connectivity index (χ1) is 7.89. The van der Waals surface area contributed by atoms with Gasteiger partial charge >= 0.3 is 0 Å². The third-order valence-electron chi connectivity index (χ3n) is 2.94. The van der Waals surface area contributed by atoms with Crippen LogP contribution in [-0.2, 0) is 11.3 Å². The van der Waals surface area contributed by atoms with Crippen molar-refractivity contribution in [2.24, 2.45) is 0 Å². The highest BCUT2D eigenvalue weighted by atomic mass is 32.2. The number of rotatable bonds is 3. The minimum atomic E-state index is -0.113. The standard InChI is InChI=1S/C12H21N3OS/c1-11(2,3)17-8-9-14-10(16-15-9)12(4)6-5-7-13-12/h13H,5-8H2,1-4H3. The van der Waals surface area contributed by atoms with E-state index in [2.05, 4.69) is 43.2 Å². The van der Waals surface area contributed by atoms with E-state index in [1.807, 2.05) is 11.8 Å². The van der Waals surface area contributed by atoms with E-state index in [9.17, 15) is 0 Å². The summed E-state index contributed by atoms with van der Waals surface area (Å²) in [6, 6.07) is 0. The van der Waals surface area contributed by atoms with Crippen LogP contribution in [0.4, 0.5) is 0 Å². The van der Waals surface area contributed by atoms with E-state index in [1.165, 1.54) is 6.42 Å². The number of nitrogens with zero attached hydrogens (tertiary/aromatic N) is 2. The number of hydrogen-bond acceptors (Lipinski definition) is 5. The van der Waals surface area contributed by atoms with Crippen molar-refractivity contribution in [1.29, 1.82) is 0 Å². The highest BCUT2D eigenvalue weighted by Crippen LogP contribution is 2.30. The summed E-state index contributed by atoms with van der Waals surface area (Å²) in [5.74, 6) is 2.35. The second kappa shape index (κ2) is 4.61. The first kappa shape index (κ1) is 12.9. The van der Waals surface area contributed by atoms with Gasteiger partial charge in [-0.05, 0) is 26.3 Å². The van der Waals surface area contributed by atoms with Crippen LogP contribution in [0.1, 0.15) is 52.3 Å². The van der Waals surface area contributed by atoms with Crippen LogP contribution < -0.4 is 5.32 Å². The molecule has 17 heavy (non-hydrogen) atoms. The summed E-state index contributed by atoms with van der Waals surface area (Å²) in [5, 5.41) is 7.49. The fourth-order valence-electron chi connectivity index (χ4n) is 1.89. The molecule has 1 aromatic rings. The van der Waals surface area contributed by atoms with Gasteiger partial charge in [0.15, 0.2) is 5.82 Å². The van der Waals surface area contributed by atoms with Gasteiger partial charge in [-0.15, -0.1) is 11.8 Å². The minimum Gasteiger partial charge on any atom is -0.337 e. The van der Waals surface area contributed by atoms with Crippen LogP contribution in [0.25, 0.3) is 0 Å². The van der Waals surface area contributed by atoms with Crippen molar-refractivity contribution >= 4 is 11.8 Å². The quantitative estimate of drug-likeness (QED) is 0.900. The normalized spacial score (nSPS) is 25.4. The van der Waals surface area contributed by atoms with E-state index in [0.717, 1.165) is 30.4 Å². The van der Waals surface area contributed by atoms with Crippen LogP contribution in [-0.4, -0.2) is 21.4 Å². The zero-order chi connectivity index (χ0) is 12.5. The summed E-state index contributed by atoms with van der Waals surface area (Å²) in [4.78, 5) is 4.51. The zero-order valence-electron chi connectivity index (χ0n) is 11.0. The molecule has 1 fully saturated rings. The van der Waals surface area contributed by atoms with Gasteiger partial charge in [0.1, 0.15) is 0 Å². The van der Waals surface area contributed by atoms with Gasteiger partial charge in [0.05, 0.1) is 11.3 Å². The highest BCUT2D eigenvalue weighted by Gasteiger charge is 2.35. The van der Waals surface area contributed by atoms with Crippen LogP contribution >= 0.6 is 11.8 Å². The molecule has 1 aromatic heterocycles. The van der Waals surface area contributed by atoms with E-state index < -0.39 is 0 Å². The molecule has 0 bridgehead atoms. The molecule has 0 aromatic carbocycles. The number of nitrogens with one attached hydrogen (secondary N) is 1. The largest absolute Gasteiger partial charge is 0.337 e. The maximum absolute atomic E-state index is 5.38. The van der Waals surface area contributed by atoms with Crippen molar-refractivity contribution in [3.05, 3.63) is 11.7 Å². The molecule has 96 valence electrons. The van der Waals surface area contributed by atoms with Crippen molar-refractivity contribution in [2.45, 2.75) is 56.6 Å². The van der Waals surface area contributed by atoms with Gasteiger partial charge in [0.2, 0.25) is 5.89 Å². The molecule has 1 unspecified atom stereocenters. The summed E-state index contributed by atoms with van der Waals surface area (Å²) in [6.07, 6.45) is 2.24. The van der Waals surface area contributed by atoms with Crippen molar-refractivity contribution in [3.63, 3.8) is 0 Å². The second-order valence-corrected chi connectivity index (χ2v) is 7.58. The van der Waals surface area contributed by atoms with Crippen LogP contribution in [0, 0.1) is 0 Å². The Morgan fingerprint density at radius 1 is 1.47 bits per heavy atom. The van der Waals surface area contributed by atoms with Crippen LogP contribution in [0.5, 0.6) is 0 Å². The third kappa shape index (κ3) is 3.22. The molecule has 4 nitrogen and oxygen atoms in total. The van der Waals surface area contributed by atoms with Crippen molar-refractivity contribution in [2.75, 3.05) is 6.54 Å². The van der Waals surface area contributed by atoms with Gasteiger partial charge in [-0.25, -0.2) is 0 Å². The zero-order valence-corrected chi connectivity index (χ0v) is 11.9. The molecular weight excluding hydrogens is 234 g/mol. The van der Waals surface area contributed by atoms with E-state index in [1.54, 1.807) is 0 Å². The molecule has 0 amide bonds. The average Bonchev–Trinajstić information content (AvgIpc) is 2.83. The second-order valence-electron chi connectivity index (χ2n) is 5.78. The maximum atomic E-state index is 5.38. The third-order valence-corrected chi connectivity index (χ3v) is 4.21. The molecule has 2 heterocycles. The summed E-state index contributed by atoms with van der Waals surface area (Å²) < 4.78 is 5.61. The number of thioether (sulfide) groups is 1. The van der Waals surface area contributed by atoms with Gasteiger partial charge < -0.3 is 9.84 Å². The van der Waals surface area contributed by atoms with E-state index >= 15 is 0 Å².